The highest BCUT2D eigenvalue weighted by molar-refractivity contribution is 7.15. The summed E-state index contributed by atoms with van der Waals surface area (Å²) in [6.45, 7) is 4.85. The Morgan fingerprint density at radius 1 is 1.32 bits per heavy atom. The summed E-state index contributed by atoms with van der Waals surface area (Å²) in [5.41, 5.74) is 0.771. The molecule has 132 valence electrons. The fourth-order valence-corrected chi connectivity index (χ4v) is 3.36. The van der Waals surface area contributed by atoms with E-state index < -0.39 is 5.92 Å². The van der Waals surface area contributed by atoms with E-state index in [9.17, 15) is 9.59 Å². The highest BCUT2D eigenvalue weighted by atomic mass is 32.1. The molecule has 1 fully saturated rings. The number of anilines is 2. The van der Waals surface area contributed by atoms with Gasteiger partial charge < -0.3 is 15.0 Å². The van der Waals surface area contributed by atoms with Crippen LogP contribution in [0, 0.1) is 5.92 Å². The van der Waals surface area contributed by atoms with Gasteiger partial charge in [-0.15, -0.1) is 10.2 Å². The Bertz CT molecular complexity index is 760. The number of hydrogen-bond donors (Lipinski definition) is 1. The Morgan fingerprint density at radius 3 is 2.72 bits per heavy atom. The number of aryl methyl sites for hydroxylation is 1. The third kappa shape index (κ3) is 3.96. The molecule has 1 aromatic carbocycles. The third-order valence-electron chi connectivity index (χ3n) is 3.95. The molecule has 0 unspecified atom stereocenters. The zero-order chi connectivity index (χ0) is 17.8. The Kier molecular flexibility index (Phi) is 5.28. The topological polar surface area (TPSA) is 84.4 Å². The number of carbonyl (C=O) groups excluding carboxylic acids is 2. The van der Waals surface area contributed by atoms with Gasteiger partial charge in [-0.25, -0.2) is 0 Å². The lowest BCUT2D eigenvalue weighted by Gasteiger charge is -2.17. The minimum absolute atomic E-state index is 0.0594. The largest absolute Gasteiger partial charge is 0.494 e. The van der Waals surface area contributed by atoms with Crippen molar-refractivity contribution < 1.29 is 14.3 Å². The number of rotatable bonds is 6. The van der Waals surface area contributed by atoms with Crippen molar-refractivity contribution in [1.29, 1.82) is 0 Å². The number of ether oxygens (including phenoxy) is 1. The first-order valence-electron chi connectivity index (χ1n) is 8.27. The molecule has 1 saturated heterocycles. The molecule has 8 heteroatoms. The zero-order valence-electron chi connectivity index (χ0n) is 14.2. The van der Waals surface area contributed by atoms with Crippen molar-refractivity contribution in [2.45, 2.75) is 26.7 Å². The van der Waals surface area contributed by atoms with Crippen molar-refractivity contribution in [3.05, 3.63) is 29.3 Å². The van der Waals surface area contributed by atoms with Crippen LogP contribution in [-0.4, -0.2) is 35.2 Å². The van der Waals surface area contributed by atoms with E-state index in [1.807, 2.05) is 38.1 Å². The van der Waals surface area contributed by atoms with Crippen molar-refractivity contribution in [1.82, 2.24) is 10.2 Å². The molecule has 25 heavy (non-hydrogen) atoms. The molecular weight excluding hydrogens is 340 g/mol. The van der Waals surface area contributed by atoms with Gasteiger partial charge in [-0.2, -0.15) is 0 Å². The van der Waals surface area contributed by atoms with Gasteiger partial charge in [0.25, 0.3) is 0 Å². The average molecular weight is 360 g/mol. The molecule has 1 N–H and O–H groups in total. The number of aromatic nitrogens is 2. The van der Waals surface area contributed by atoms with Crippen molar-refractivity contribution in [3.63, 3.8) is 0 Å². The molecule has 2 heterocycles. The van der Waals surface area contributed by atoms with E-state index in [1.54, 1.807) is 4.90 Å². The van der Waals surface area contributed by atoms with Crippen LogP contribution in [0.2, 0.25) is 0 Å². The van der Waals surface area contributed by atoms with Crippen LogP contribution in [0.3, 0.4) is 0 Å². The second kappa shape index (κ2) is 7.60. The fourth-order valence-electron chi connectivity index (χ4n) is 2.68. The monoisotopic (exact) mass is 360 g/mol. The predicted molar refractivity (Wildman–Crippen MR) is 96.0 cm³/mol. The number of carbonyl (C=O) groups is 2. The minimum Gasteiger partial charge on any atom is -0.494 e. The molecule has 2 amide bonds. The molecule has 1 aliphatic rings. The van der Waals surface area contributed by atoms with Crippen LogP contribution in [0.25, 0.3) is 0 Å². The normalized spacial score (nSPS) is 17.0. The number of nitrogens with zero attached hydrogens (tertiary/aromatic N) is 3. The summed E-state index contributed by atoms with van der Waals surface area (Å²) >= 11 is 1.36. The van der Waals surface area contributed by atoms with Gasteiger partial charge in [-0.05, 0) is 37.6 Å². The lowest BCUT2D eigenvalue weighted by molar-refractivity contribution is -0.122. The Morgan fingerprint density at radius 2 is 2.08 bits per heavy atom. The van der Waals surface area contributed by atoms with Gasteiger partial charge in [0.05, 0.1) is 12.5 Å². The number of nitrogens with one attached hydrogen (secondary N) is 1. The van der Waals surface area contributed by atoms with Crippen LogP contribution < -0.4 is 15.0 Å². The predicted octanol–water partition coefficient (Wildman–Crippen LogP) is 2.49. The van der Waals surface area contributed by atoms with Gasteiger partial charge >= 0.3 is 0 Å². The van der Waals surface area contributed by atoms with Crippen LogP contribution in [0.5, 0.6) is 5.75 Å². The van der Waals surface area contributed by atoms with E-state index in [-0.39, 0.29) is 18.2 Å². The van der Waals surface area contributed by atoms with Crippen LogP contribution >= 0.6 is 11.3 Å². The SMILES string of the molecule is CCOc1ccc(N2C[C@@H](C(=O)Nc3nnc(CC)s3)CC2=O)cc1. The molecule has 0 bridgehead atoms. The third-order valence-corrected chi connectivity index (χ3v) is 4.94. The summed E-state index contributed by atoms with van der Waals surface area (Å²) in [5, 5.41) is 12.0. The van der Waals surface area contributed by atoms with Crippen molar-refractivity contribution in [2.75, 3.05) is 23.4 Å². The van der Waals surface area contributed by atoms with Crippen LogP contribution in [0.1, 0.15) is 25.3 Å². The molecule has 0 aliphatic carbocycles. The molecule has 1 atom stereocenters. The first-order chi connectivity index (χ1) is 12.1. The average Bonchev–Trinajstić information content (AvgIpc) is 3.22. The Balaban J connectivity index is 1.64. The quantitative estimate of drug-likeness (QED) is 0.855. The minimum atomic E-state index is -0.395. The van der Waals surface area contributed by atoms with Gasteiger partial charge in [0.2, 0.25) is 16.9 Å². The lowest BCUT2D eigenvalue weighted by atomic mass is 10.1. The highest BCUT2D eigenvalue weighted by Crippen LogP contribution is 2.28. The van der Waals surface area contributed by atoms with Crippen LogP contribution in [0.4, 0.5) is 10.8 Å². The summed E-state index contributed by atoms with van der Waals surface area (Å²) in [7, 11) is 0. The van der Waals surface area contributed by atoms with Gasteiger partial charge in [0.15, 0.2) is 0 Å². The Labute approximate surface area is 150 Å². The molecular formula is C17H20N4O3S. The second-order valence-corrected chi connectivity index (χ2v) is 6.74. The number of hydrogen-bond acceptors (Lipinski definition) is 6. The fraction of sp³-hybridized carbons (Fsp3) is 0.412. The molecule has 0 spiro atoms. The standard InChI is InChI=1S/C17H20N4O3S/c1-3-14-19-20-17(25-14)18-16(23)11-9-15(22)21(10-11)12-5-7-13(8-6-12)24-4-2/h5-8,11H,3-4,9-10H2,1-2H3,(H,18,20,23)/t11-/m0/s1. The van der Waals surface area contributed by atoms with Crippen LogP contribution in [0.15, 0.2) is 24.3 Å². The van der Waals surface area contributed by atoms with E-state index in [0.717, 1.165) is 22.9 Å². The van der Waals surface area contributed by atoms with E-state index in [1.165, 1.54) is 11.3 Å². The van der Waals surface area contributed by atoms with E-state index in [0.29, 0.717) is 18.3 Å². The summed E-state index contributed by atoms with van der Waals surface area (Å²) in [6.07, 6.45) is 0.972. The van der Waals surface area contributed by atoms with Gasteiger partial charge in [-0.1, -0.05) is 18.3 Å². The molecule has 1 aliphatic heterocycles. The van der Waals surface area contributed by atoms with Crippen molar-refractivity contribution >= 4 is 34.0 Å². The molecule has 3 rings (SSSR count). The van der Waals surface area contributed by atoms with E-state index >= 15 is 0 Å². The number of benzene rings is 1. The first-order valence-corrected chi connectivity index (χ1v) is 9.08. The summed E-state index contributed by atoms with van der Waals surface area (Å²) in [4.78, 5) is 26.3. The number of amides is 2. The molecule has 0 saturated carbocycles. The van der Waals surface area contributed by atoms with Crippen LogP contribution in [-0.2, 0) is 16.0 Å². The maximum absolute atomic E-state index is 12.4. The van der Waals surface area contributed by atoms with Gasteiger partial charge in [-0.3, -0.25) is 9.59 Å². The van der Waals surface area contributed by atoms with Gasteiger partial charge in [0, 0.05) is 18.7 Å². The molecule has 1 aromatic heterocycles. The maximum Gasteiger partial charge on any atom is 0.231 e. The van der Waals surface area contributed by atoms with E-state index in [4.69, 9.17) is 4.74 Å². The molecule has 0 radical (unpaired) electrons. The second-order valence-electron chi connectivity index (χ2n) is 5.68. The highest BCUT2D eigenvalue weighted by Gasteiger charge is 2.35. The van der Waals surface area contributed by atoms with Gasteiger partial charge in [0.1, 0.15) is 10.8 Å². The lowest BCUT2D eigenvalue weighted by Crippen LogP contribution is -2.28. The van der Waals surface area contributed by atoms with Crippen molar-refractivity contribution in [2.24, 2.45) is 5.92 Å². The maximum atomic E-state index is 12.4. The molecule has 2 aromatic rings. The van der Waals surface area contributed by atoms with E-state index in [2.05, 4.69) is 15.5 Å². The summed E-state index contributed by atoms with van der Waals surface area (Å²) in [5.74, 6) is 0.111. The summed E-state index contributed by atoms with van der Waals surface area (Å²) < 4.78 is 5.41. The molecule has 7 nitrogen and oxygen atoms in total. The smallest absolute Gasteiger partial charge is 0.231 e. The Hall–Kier alpha value is -2.48. The first kappa shape index (κ1) is 17.3. The van der Waals surface area contributed by atoms with Crippen molar-refractivity contribution in [3.8, 4) is 5.75 Å². The zero-order valence-corrected chi connectivity index (χ0v) is 15.0. The summed E-state index contributed by atoms with van der Waals surface area (Å²) in [6, 6.07) is 7.32.